The predicted molar refractivity (Wildman–Crippen MR) is 124 cm³/mol. The van der Waals surface area contributed by atoms with Crippen molar-refractivity contribution in [3.05, 3.63) is 66.7 Å². The Hall–Kier alpha value is -3.54. The van der Waals surface area contributed by atoms with E-state index in [0.717, 1.165) is 48.3 Å². The molecule has 1 saturated heterocycles. The number of fused-ring (bicyclic) bond motifs is 1. The molecular formula is C25H27N3O3. The molecule has 160 valence electrons. The minimum atomic E-state index is -0.201. The highest BCUT2D eigenvalue weighted by Gasteiger charge is 2.20. The van der Waals surface area contributed by atoms with Crippen LogP contribution in [0.2, 0.25) is 0 Å². The minimum absolute atomic E-state index is 0.0481. The van der Waals surface area contributed by atoms with E-state index in [2.05, 4.69) is 10.2 Å². The molecule has 6 heteroatoms. The first-order valence-electron chi connectivity index (χ1n) is 10.7. The van der Waals surface area contributed by atoms with Crippen LogP contribution in [0.1, 0.15) is 13.3 Å². The lowest BCUT2D eigenvalue weighted by Crippen LogP contribution is -2.48. The van der Waals surface area contributed by atoms with Gasteiger partial charge in [0.2, 0.25) is 5.91 Å². The second-order valence-corrected chi connectivity index (χ2v) is 7.61. The summed E-state index contributed by atoms with van der Waals surface area (Å²) in [4.78, 5) is 28.3. The fourth-order valence-electron chi connectivity index (χ4n) is 3.80. The fourth-order valence-corrected chi connectivity index (χ4v) is 3.80. The number of hydrogen-bond donors (Lipinski definition) is 1. The Morgan fingerprint density at radius 3 is 2.32 bits per heavy atom. The molecule has 0 spiro atoms. The zero-order valence-corrected chi connectivity index (χ0v) is 17.7. The van der Waals surface area contributed by atoms with Crippen LogP contribution in [0.3, 0.4) is 0 Å². The van der Waals surface area contributed by atoms with Crippen LogP contribution in [0.15, 0.2) is 66.7 Å². The Labute approximate surface area is 182 Å². The molecule has 0 radical (unpaired) electrons. The lowest BCUT2D eigenvalue weighted by molar-refractivity contribution is -0.131. The number of rotatable bonds is 6. The number of nitrogens with zero attached hydrogens (tertiary/aromatic N) is 2. The van der Waals surface area contributed by atoms with Crippen LogP contribution in [0.25, 0.3) is 10.8 Å². The van der Waals surface area contributed by atoms with Gasteiger partial charge in [-0.1, -0.05) is 37.3 Å². The van der Waals surface area contributed by atoms with Crippen LogP contribution >= 0.6 is 0 Å². The van der Waals surface area contributed by atoms with Gasteiger partial charge < -0.3 is 19.9 Å². The SMILES string of the molecule is CCC(=O)N1CCN(c2ccc(NC(=O)COc3ccc4ccccc4c3)cc2)CC1. The number of ether oxygens (including phenoxy) is 1. The molecule has 4 rings (SSSR count). The molecule has 0 aromatic heterocycles. The van der Waals surface area contributed by atoms with Gasteiger partial charge in [-0.25, -0.2) is 0 Å². The maximum absolute atomic E-state index is 12.3. The third-order valence-corrected chi connectivity index (χ3v) is 5.54. The summed E-state index contributed by atoms with van der Waals surface area (Å²) < 4.78 is 5.65. The highest BCUT2D eigenvalue weighted by atomic mass is 16.5. The van der Waals surface area contributed by atoms with Gasteiger partial charge in [-0.2, -0.15) is 0 Å². The van der Waals surface area contributed by atoms with Gasteiger partial charge in [0.25, 0.3) is 5.91 Å². The Morgan fingerprint density at radius 1 is 0.903 bits per heavy atom. The van der Waals surface area contributed by atoms with Crippen molar-refractivity contribution in [1.29, 1.82) is 0 Å². The number of amides is 2. The van der Waals surface area contributed by atoms with Gasteiger partial charge >= 0.3 is 0 Å². The van der Waals surface area contributed by atoms with E-state index in [1.807, 2.05) is 78.6 Å². The summed E-state index contributed by atoms with van der Waals surface area (Å²) in [7, 11) is 0. The first-order valence-corrected chi connectivity index (χ1v) is 10.7. The van der Waals surface area contributed by atoms with Crippen molar-refractivity contribution in [3.63, 3.8) is 0 Å². The molecule has 0 aliphatic carbocycles. The molecule has 0 unspecified atom stereocenters. The maximum Gasteiger partial charge on any atom is 0.262 e. The average Bonchev–Trinajstić information content (AvgIpc) is 2.82. The van der Waals surface area contributed by atoms with E-state index in [1.165, 1.54) is 0 Å². The number of nitrogens with one attached hydrogen (secondary N) is 1. The molecule has 31 heavy (non-hydrogen) atoms. The molecule has 1 aliphatic heterocycles. The van der Waals surface area contributed by atoms with Crippen molar-refractivity contribution in [2.75, 3.05) is 43.0 Å². The molecule has 1 heterocycles. The molecule has 1 aliphatic rings. The Bertz CT molecular complexity index is 1060. The summed E-state index contributed by atoms with van der Waals surface area (Å²) in [6.45, 7) is 4.98. The van der Waals surface area contributed by atoms with E-state index in [0.29, 0.717) is 12.2 Å². The van der Waals surface area contributed by atoms with Gasteiger partial charge in [0, 0.05) is 44.0 Å². The Balaban J connectivity index is 1.27. The van der Waals surface area contributed by atoms with Gasteiger partial charge in [-0.3, -0.25) is 9.59 Å². The van der Waals surface area contributed by atoms with E-state index in [4.69, 9.17) is 4.74 Å². The molecule has 1 N–H and O–H groups in total. The lowest BCUT2D eigenvalue weighted by Gasteiger charge is -2.36. The summed E-state index contributed by atoms with van der Waals surface area (Å²) in [5, 5.41) is 5.09. The normalized spacial score (nSPS) is 13.8. The summed E-state index contributed by atoms with van der Waals surface area (Å²) in [5.74, 6) is 0.682. The van der Waals surface area contributed by atoms with Crippen LogP contribution in [-0.2, 0) is 9.59 Å². The van der Waals surface area contributed by atoms with Crippen molar-refractivity contribution < 1.29 is 14.3 Å². The topological polar surface area (TPSA) is 61.9 Å². The number of carbonyl (C=O) groups is 2. The number of piperazine rings is 1. The van der Waals surface area contributed by atoms with Crippen molar-refractivity contribution in [3.8, 4) is 5.75 Å². The second kappa shape index (κ2) is 9.51. The summed E-state index contributed by atoms with van der Waals surface area (Å²) >= 11 is 0. The van der Waals surface area contributed by atoms with Gasteiger partial charge in [-0.05, 0) is 47.2 Å². The maximum atomic E-state index is 12.3. The smallest absolute Gasteiger partial charge is 0.262 e. The fraction of sp³-hybridized carbons (Fsp3) is 0.280. The molecule has 3 aromatic carbocycles. The Kier molecular flexibility index (Phi) is 6.36. The van der Waals surface area contributed by atoms with E-state index in [9.17, 15) is 9.59 Å². The predicted octanol–water partition coefficient (Wildman–Crippen LogP) is 3.92. The molecular weight excluding hydrogens is 390 g/mol. The molecule has 2 amide bonds. The summed E-state index contributed by atoms with van der Waals surface area (Å²) in [5.41, 5.74) is 1.82. The van der Waals surface area contributed by atoms with E-state index >= 15 is 0 Å². The minimum Gasteiger partial charge on any atom is -0.484 e. The quantitative estimate of drug-likeness (QED) is 0.661. The highest BCUT2D eigenvalue weighted by Crippen LogP contribution is 2.22. The van der Waals surface area contributed by atoms with Crippen LogP contribution < -0.4 is 15.0 Å². The molecule has 1 fully saturated rings. The summed E-state index contributed by atoms with van der Waals surface area (Å²) in [6.07, 6.45) is 0.555. The Morgan fingerprint density at radius 2 is 1.61 bits per heavy atom. The first kappa shape index (κ1) is 20.7. The van der Waals surface area contributed by atoms with Crippen LogP contribution in [0.4, 0.5) is 11.4 Å². The van der Waals surface area contributed by atoms with E-state index < -0.39 is 0 Å². The van der Waals surface area contributed by atoms with Crippen LogP contribution in [-0.4, -0.2) is 49.5 Å². The average molecular weight is 418 g/mol. The number of anilines is 2. The molecule has 3 aromatic rings. The van der Waals surface area contributed by atoms with Crippen LogP contribution in [0, 0.1) is 0 Å². The lowest BCUT2D eigenvalue weighted by atomic mass is 10.1. The number of hydrogen-bond acceptors (Lipinski definition) is 4. The molecule has 0 saturated carbocycles. The van der Waals surface area contributed by atoms with Gasteiger partial charge in [0.15, 0.2) is 6.61 Å². The molecule has 0 atom stereocenters. The van der Waals surface area contributed by atoms with Crippen molar-refractivity contribution in [1.82, 2.24) is 4.90 Å². The summed E-state index contributed by atoms with van der Waals surface area (Å²) in [6, 6.07) is 21.6. The third kappa shape index (κ3) is 5.15. The van der Waals surface area contributed by atoms with Crippen LogP contribution in [0.5, 0.6) is 5.75 Å². The van der Waals surface area contributed by atoms with Gasteiger partial charge in [0.1, 0.15) is 5.75 Å². The third-order valence-electron chi connectivity index (χ3n) is 5.54. The number of carbonyl (C=O) groups excluding carboxylic acids is 2. The molecule has 0 bridgehead atoms. The van der Waals surface area contributed by atoms with E-state index in [1.54, 1.807) is 0 Å². The van der Waals surface area contributed by atoms with Gasteiger partial charge in [-0.15, -0.1) is 0 Å². The van der Waals surface area contributed by atoms with Crippen molar-refractivity contribution in [2.45, 2.75) is 13.3 Å². The van der Waals surface area contributed by atoms with Gasteiger partial charge in [0.05, 0.1) is 0 Å². The number of benzene rings is 3. The zero-order chi connectivity index (χ0) is 21.6. The first-order chi connectivity index (χ1) is 15.1. The monoisotopic (exact) mass is 417 g/mol. The van der Waals surface area contributed by atoms with Crippen molar-refractivity contribution in [2.24, 2.45) is 0 Å². The molecule has 6 nitrogen and oxygen atoms in total. The largest absolute Gasteiger partial charge is 0.484 e. The second-order valence-electron chi connectivity index (χ2n) is 7.61. The highest BCUT2D eigenvalue weighted by molar-refractivity contribution is 5.92. The van der Waals surface area contributed by atoms with Crippen molar-refractivity contribution >= 4 is 34.0 Å². The van der Waals surface area contributed by atoms with E-state index in [-0.39, 0.29) is 18.4 Å². The zero-order valence-electron chi connectivity index (χ0n) is 17.7. The standard InChI is InChI=1S/C25H27N3O3/c1-2-25(30)28-15-13-27(14-16-28)22-10-8-21(9-11-22)26-24(29)18-31-23-12-7-19-5-3-4-6-20(19)17-23/h3-12,17H,2,13-16,18H2,1H3,(H,26,29).